The molecule has 0 radical (unpaired) electrons. The first-order valence-electron chi connectivity index (χ1n) is 6.28. The van der Waals surface area contributed by atoms with Crippen LogP contribution < -0.4 is 5.73 Å². The zero-order valence-electron chi connectivity index (χ0n) is 10.7. The van der Waals surface area contributed by atoms with E-state index in [0.29, 0.717) is 18.6 Å². The smallest absolute Gasteiger partial charge is 0.0622 e. The topological polar surface area (TPSA) is 38.5 Å². The van der Waals surface area contributed by atoms with E-state index < -0.39 is 0 Å². The molecule has 0 amide bonds. The van der Waals surface area contributed by atoms with Gasteiger partial charge in [0.05, 0.1) is 6.61 Å². The van der Waals surface area contributed by atoms with Crippen LogP contribution in [0.25, 0.3) is 0 Å². The molecule has 3 heteroatoms. The fourth-order valence-corrected chi connectivity index (χ4v) is 2.42. The van der Waals surface area contributed by atoms with Gasteiger partial charge >= 0.3 is 0 Å². The third-order valence-corrected chi connectivity index (χ3v) is 3.66. The number of hydrogen-bond donors (Lipinski definition) is 1. The largest absolute Gasteiger partial charge is 0.380 e. The van der Waals surface area contributed by atoms with Crippen LogP contribution >= 0.6 is 0 Å². The summed E-state index contributed by atoms with van der Waals surface area (Å²) in [5.41, 5.74) is 8.52. The van der Waals surface area contributed by atoms with Crippen LogP contribution in [0.4, 0.5) is 0 Å². The molecule has 1 fully saturated rings. The van der Waals surface area contributed by atoms with Gasteiger partial charge in [-0.25, -0.2) is 0 Å². The predicted molar refractivity (Wildman–Crippen MR) is 70.0 cm³/mol. The maximum absolute atomic E-state index is 5.93. The van der Waals surface area contributed by atoms with Gasteiger partial charge < -0.3 is 10.5 Å². The number of rotatable bonds is 4. The van der Waals surface area contributed by atoms with Crippen molar-refractivity contribution in [1.82, 2.24) is 4.90 Å². The van der Waals surface area contributed by atoms with E-state index in [0.717, 1.165) is 19.6 Å². The third-order valence-electron chi connectivity index (χ3n) is 3.66. The van der Waals surface area contributed by atoms with E-state index in [2.05, 4.69) is 43.1 Å². The van der Waals surface area contributed by atoms with Crippen molar-refractivity contribution in [2.24, 2.45) is 5.73 Å². The second kappa shape index (κ2) is 5.63. The number of benzene rings is 1. The van der Waals surface area contributed by atoms with Crippen molar-refractivity contribution >= 4 is 0 Å². The monoisotopic (exact) mass is 234 g/mol. The number of nitrogens with two attached hydrogens (primary N) is 1. The van der Waals surface area contributed by atoms with Gasteiger partial charge in [-0.2, -0.15) is 0 Å². The minimum Gasteiger partial charge on any atom is -0.380 e. The minimum absolute atomic E-state index is 0.294. The molecule has 0 saturated carbocycles. The highest BCUT2D eigenvalue weighted by Crippen LogP contribution is 2.24. The van der Waals surface area contributed by atoms with E-state index in [1.807, 2.05) is 0 Å². The van der Waals surface area contributed by atoms with Crippen molar-refractivity contribution in [3.05, 3.63) is 35.4 Å². The van der Waals surface area contributed by atoms with Gasteiger partial charge in [0.25, 0.3) is 0 Å². The van der Waals surface area contributed by atoms with Gasteiger partial charge in [0.2, 0.25) is 0 Å². The predicted octanol–water partition coefficient (Wildman–Crippen LogP) is 1.72. The Balaban J connectivity index is 2.11. The van der Waals surface area contributed by atoms with Crippen molar-refractivity contribution in [2.75, 3.05) is 26.8 Å². The molecule has 1 heterocycles. The van der Waals surface area contributed by atoms with E-state index in [1.54, 1.807) is 0 Å². The zero-order valence-corrected chi connectivity index (χ0v) is 10.7. The van der Waals surface area contributed by atoms with E-state index >= 15 is 0 Å². The second-order valence-electron chi connectivity index (χ2n) is 4.85. The third kappa shape index (κ3) is 2.86. The molecule has 94 valence electrons. The lowest BCUT2D eigenvalue weighted by atomic mass is 10.0. The van der Waals surface area contributed by atoms with Gasteiger partial charge in [-0.05, 0) is 26.0 Å². The standard InChI is InChI=1S/C14H22N2O/c1-11-3-5-12(6-4-11)14(9-15)16(2)13-7-8-17-10-13/h3-6,13-14H,7-10,15H2,1-2H3. The molecular weight excluding hydrogens is 212 g/mol. The number of hydrogen-bond acceptors (Lipinski definition) is 3. The van der Waals surface area contributed by atoms with Gasteiger partial charge in [0.15, 0.2) is 0 Å². The van der Waals surface area contributed by atoms with E-state index in [9.17, 15) is 0 Å². The Kier molecular flexibility index (Phi) is 4.15. The first kappa shape index (κ1) is 12.6. The highest BCUT2D eigenvalue weighted by atomic mass is 16.5. The van der Waals surface area contributed by atoms with Crippen molar-refractivity contribution in [2.45, 2.75) is 25.4 Å². The lowest BCUT2D eigenvalue weighted by Crippen LogP contribution is -2.38. The maximum Gasteiger partial charge on any atom is 0.0622 e. The van der Waals surface area contributed by atoms with Gasteiger partial charge in [0, 0.05) is 25.2 Å². The minimum atomic E-state index is 0.294. The average molecular weight is 234 g/mol. The van der Waals surface area contributed by atoms with Crippen LogP contribution in [0.3, 0.4) is 0 Å². The molecule has 17 heavy (non-hydrogen) atoms. The zero-order chi connectivity index (χ0) is 12.3. The highest BCUT2D eigenvalue weighted by Gasteiger charge is 2.26. The van der Waals surface area contributed by atoms with Crippen LogP contribution in [0.2, 0.25) is 0 Å². The van der Waals surface area contributed by atoms with Gasteiger partial charge in [-0.15, -0.1) is 0 Å². The van der Waals surface area contributed by atoms with Crippen LogP contribution in [0.15, 0.2) is 24.3 Å². The molecule has 1 saturated heterocycles. The molecule has 0 aromatic heterocycles. The lowest BCUT2D eigenvalue weighted by Gasteiger charge is -2.31. The second-order valence-corrected chi connectivity index (χ2v) is 4.85. The molecule has 1 aliphatic rings. The van der Waals surface area contributed by atoms with E-state index in [1.165, 1.54) is 11.1 Å². The summed E-state index contributed by atoms with van der Waals surface area (Å²) in [6.07, 6.45) is 1.11. The van der Waals surface area contributed by atoms with Gasteiger partial charge in [-0.3, -0.25) is 4.90 Å². The quantitative estimate of drug-likeness (QED) is 0.862. The number of likely N-dealkylation sites (N-methyl/N-ethyl adjacent to an activating group) is 1. The van der Waals surface area contributed by atoms with E-state index in [4.69, 9.17) is 10.5 Å². The number of aryl methyl sites for hydroxylation is 1. The molecule has 2 atom stereocenters. The van der Waals surface area contributed by atoms with Crippen molar-refractivity contribution in [1.29, 1.82) is 0 Å². The van der Waals surface area contributed by atoms with Crippen molar-refractivity contribution < 1.29 is 4.74 Å². The van der Waals surface area contributed by atoms with Crippen LogP contribution in [-0.4, -0.2) is 37.7 Å². The van der Waals surface area contributed by atoms with Gasteiger partial charge in [0.1, 0.15) is 0 Å². The summed E-state index contributed by atoms with van der Waals surface area (Å²) in [4.78, 5) is 2.36. The van der Waals surface area contributed by atoms with Crippen LogP contribution in [0.5, 0.6) is 0 Å². The van der Waals surface area contributed by atoms with Crippen LogP contribution in [0, 0.1) is 6.92 Å². The Hall–Kier alpha value is -0.900. The Morgan fingerprint density at radius 2 is 2.12 bits per heavy atom. The summed E-state index contributed by atoms with van der Waals surface area (Å²) in [7, 11) is 2.15. The molecule has 0 bridgehead atoms. The summed E-state index contributed by atoms with van der Waals surface area (Å²) < 4.78 is 5.45. The molecule has 2 N–H and O–H groups in total. The van der Waals surface area contributed by atoms with Crippen LogP contribution in [0.1, 0.15) is 23.6 Å². The van der Waals surface area contributed by atoms with Gasteiger partial charge in [-0.1, -0.05) is 29.8 Å². The highest BCUT2D eigenvalue weighted by molar-refractivity contribution is 5.24. The summed E-state index contributed by atoms with van der Waals surface area (Å²) in [5.74, 6) is 0. The van der Waals surface area contributed by atoms with Crippen LogP contribution in [-0.2, 0) is 4.74 Å². The lowest BCUT2D eigenvalue weighted by molar-refractivity contribution is 0.134. The molecule has 0 aliphatic carbocycles. The number of nitrogens with zero attached hydrogens (tertiary/aromatic N) is 1. The summed E-state index contributed by atoms with van der Waals surface area (Å²) in [6.45, 7) is 4.46. The molecule has 3 nitrogen and oxygen atoms in total. The SMILES string of the molecule is Cc1ccc(C(CN)N(C)C2CCOC2)cc1. The summed E-state index contributed by atoms with van der Waals surface area (Å²) in [5, 5.41) is 0. The summed E-state index contributed by atoms with van der Waals surface area (Å²) >= 11 is 0. The van der Waals surface area contributed by atoms with E-state index in [-0.39, 0.29) is 0 Å². The van der Waals surface area contributed by atoms with Crippen molar-refractivity contribution in [3.8, 4) is 0 Å². The molecule has 2 rings (SSSR count). The Morgan fingerprint density at radius 1 is 1.41 bits per heavy atom. The normalized spacial score (nSPS) is 22.0. The molecule has 1 aliphatic heterocycles. The fraction of sp³-hybridized carbons (Fsp3) is 0.571. The first-order valence-corrected chi connectivity index (χ1v) is 6.28. The van der Waals surface area contributed by atoms with Crippen molar-refractivity contribution in [3.63, 3.8) is 0 Å². The molecule has 0 spiro atoms. The molecule has 1 aromatic rings. The number of ether oxygens (including phenoxy) is 1. The Morgan fingerprint density at radius 3 is 2.65 bits per heavy atom. The molecular formula is C14H22N2O. The summed E-state index contributed by atoms with van der Waals surface area (Å²) in [6, 6.07) is 9.46. The molecule has 2 unspecified atom stereocenters. The first-order chi connectivity index (χ1) is 8.22. The fourth-order valence-electron chi connectivity index (χ4n) is 2.42. The average Bonchev–Trinajstić information content (AvgIpc) is 2.86. The Bertz CT molecular complexity index is 344. The maximum atomic E-state index is 5.93. The molecule has 1 aromatic carbocycles. The Labute approximate surface area is 104 Å².